The van der Waals surface area contributed by atoms with E-state index in [9.17, 15) is 24.0 Å². The highest BCUT2D eigenvalue weighted by Crippen LogP contribution is 2.34. The van der Waals surface area contributed by atoms with Crippen LogP contribution in [-0.2, 0) is 38.4 Å². The molecule has 0 aliphatic carbocycles. The number of primary amides is 1. The van der Waals surface area contributed by atoms with E-state index in [0.29, 0.717) is 39.1 Å². The normalized spacial score (nSPS) is 14.9. The van der Waals surface area contributed by atoms with Crippen molar-refractivity contribution in [3.8, 4) is 22.3 Å². The molecule has 5 amide bonds. The summed E-state index contributed by atoms with van der Waals surface area (Å²) in [5, 5.41) is 11.1. The third kappa shape index (κ3) is 10.8. The Labute approximate surface area is 321 Å². The van der Waals surface area contributed by atoms with Gasteiger partial charge < -0.3 is 32.7 Å². The molecule has 0 saturated heterocycles. The Morgan fingerprint density at radius 1 is 0.891 bits per heavy atom. The second-order valence-electron chi connectivity index (χ2n) is 14.0. The minimum Gasteiger partial charge on any atom is -0.368 e. The smallest absolute Gasteiger partial charge is 0.252 e. The van der Waals surface area contributed by atoms with Crippen molar-refractivity contribution in [2.75, 3.05) is 18.4 Å². The number of anilines is 1. The SMILES string of the molecule is CCCCCCc1ncc(-c2ccc(C(=O)N[C@@H](CCN)C(=O)Nc3c(C)cc4cc3-c3cccc(c3)CC(=O)NCC(=O)NC(C(N)=O)C4)c(C)c2)cn1. The summed E-state index contributed by atoms with van der Waals surface area (Å²) in [5.74, 6) is -1.72. The lowest BCUT2D eigenvalue weighted by Gasteiger charge is -2.23. The number of benzene rings is 3. The lowest BCUT2D eigenvalue weighted by Crippen LogP contribution is -2.49. The maximum absolute atomic E-state index is 14.0. The summed E-state index contributed by atoms with van der Waals surface area (Å²) >= 11 is 0. The highest BCUT2D eigenvalue weighted by molar-refractivity contribution is 6.04. The van der Waals surface area contributed by atoms with Gasteiger partial charge in [-0.25, -0.2) is 9.97 Å². The van der Waals surface area contributed by atoms with Crippen molar-refractivity contribution >= 4 is 35.2 Å². The molecular formula is C42H50N8O5. The molecule has 4 bridgehead atoms. The second-order valence-corrected chi connectivity index (χ2v) is 14.0. The van der Waals surface area contributed by atoms with Gasteiger partial charge in [-0.1, -0.05) is 68.7 Å². The van der Waals surface area contributed by atoms with E-state index in [0.717, 1.165) is 41.8 Å². The molecule has 1 aromatic heterocycles. The highest BCUT2D eigenvalue weighted by Gasteiger charge is 2.26. The Bertz CT molecular complexity index is 2050. The zero-order valence-corrected chi connectivity index (χ0v) is 31.7. The number of carbonyl (C=O) groups excluding carboxylic acids is 5. The molecule has 13 nitrogen and oxygen atoms in total. The number of rotatable bonds is 13. The number of fused-ring (bicyclic) bond motifs is 5. The van der Waals surface area contributed by atoms with Crippen LogP contribution >= 0.6 is 0 Å². The molecule has 13 heteroatoms. The number of nitrogens with zero attached hydrogens (tertiary/aromatic N) is 2. The van der Waals surface area contributed by atoms with Gasteiger partial charge in [0.05, 0.1) is 18.7 Å². The third-order valence-corrected chi connectivity index (χ3v) is 9.65. The van der Waals surface area contributed by atoms with Gasteiger partial charge in [0.2, 0.25) is 23.6 Å². The lowest BCUT2D eigenvalue weighted by molar-refractivity contribution is -0.128. The standard InChI is InChI=1S/C42H50N8O5/c1-4-5-6-7-11-36-45-22-31(23-46-36)29-12-13-32(25(2)17-29)41(54)49-34(14-15-43)42(55)50-39-26(3)16-28-19-33(39)30-10-8-9-27(18-30)21-37(51)47-24-38(52)48-35(20-28)40(44)53/h8-10,12-13,16-19,22-23,34-35H,4-7,11,14-15,20-21,24,43H2,1-3H3,(H2,44,53)(H,47,51)(H,48,52)(H,49,54)(H,50,55)/t34-,35?/m0/s1. The zero-order chi connectivity index (χ0) is 39.5. The molecule has 0 saturated carbocycles. The van der Waals surface area contributed by atoms with Crippen molar-refractivity contribution in [1.82, 2.24) is 25.9 Å². The predicted octanol–water partition coefficient (Wildman–Crippen LogP) is 3.82. The molecule has 8 N–H and O–H groups in total. The number of nitrogens with one attached hydrogen (secondary N) is 4. The molecule has 0 spiro atoms. The number of carbonyl (C=O) groups is 5. The average Bonchev–Trinajstić information content (AvgIpc) is 3.16. The number of nitrogens with two attached hydrogens (primary N) is 2. The number of hydrogen-bond donors (Lipinski definition) is 6. The molecule has 4 aromatic rings. The number of aryl methyl sites for hydroxylation is 3. The molecule has 2 atom stereocenters. The minimum absolute atomic E-state index is 0.00495. The van der Waals surface area contributed by atoms with E-state index in [2.05, 4.69) is 38.2 Å². The fraction of sp³-hybridized carbons (Fsp3) is 0.357. The Morgan fingerprint density at radius 2 is 1.67 bits per heavy atom. The fourth-order valence-corrected chi connectivity index (χ4v) is 6.68. The van der Waals surface area contributed by atoms with E-state index >= 15 is 0 Å². The Hall–Kier alpha value is -5.95. The number of hydrogen-bond acceptors (Lipinski definition) is 8. The van der Waals surface area contributed by atoms with Crippen LogP contribution < -0.4 is 32.7 Å². The monoisotopic (exact) mass is 746 g/mol. The van der Waals surface area contributed by atoms with Crippen LogP contribution in [0, 0.1) is 13.8 Å². The van der Waals surface area contributed by atoms with Gasteiger partial charge in [0.25, 0.3) is 5.91 Å². The van der Waals surface area contributed by atoms with Crippen LogP contribution in [-0.4, -0.2) is 64.7 Å². The van der Waals surface area contributed by atoms with Crippen molar-refractivity contribution in [1.29, 1.82) is 0 Å². The molecule has 2 heterocycles. The maximum atomic E-state index is 14.0. The fourth-order valence-electron chi connectivity index (χ4n) is 6.68. The van der Waals surface area contributed by atoms with Crippen molar-refractivity contribution in [2.24, 2.45) is 11.5 Å². The summed E-state index contributed by atoms with van der Waals surface area (Å²) in [6, 6.07) is 14.4. The molecule has 1 aliphatic rings. The predicted molar refractivity (Wildman–Crippen MR) is 212 cm³/mol. The number of amides is 5. The summed E-state index contributed by atoms with van der Waals surface area (Å²) in [7, 11) is 0. The van der Waals surface area contributed by atoms with Crippen LogP contribution in [0.1, 0.15) is 77.5 Å². The largest absolute Gasteiger partial charge is 0.368 e. The van der Waals surface area contributed by atoms with Gasteiger partial charge in [0.15, 0.2) is 0 Å². The van der Waals surface area contributed by atoms with Gasteiger partial charge >= 0.3 is 0 Å². The summed E-state index contributed by atoms with van der Waals surface area (Å²) in [6.45, 7) is 5.67. The first-order chi connectivity index (χ1) is 26.4. The average molecular weight is 747 g/mol. The van der Waals surface area contributed by atoms with Gasteiger partial charge in [-0.3, -0.25) is 24.0 Å². The molecule has 1 unspecified atom stereocenters. The van der Waals surface area contributed by atoms with E-state index in [1.54, 1.807) is 30.6 Å². The minimum atomic E-state index is -1.04. The zero-order valence-electron chi connectivity index (χ0n) is 31.7. The van der Waals surface area contributed by atoms with E-state index in [1.807, 2.05) is 50.2 Å². The van der Waals surface area contributed by atoms with Gasteiger partial charge in [0, 0.05) is 41.9 Å². The van der Waals surface area contributed by atoms with Crippen LogP contribution in [0.3, 0.4) is 0 Å². The van der Waals surface area contributed by atoms with Gasteiger partial charge in [-0.15, -0.1) is 0 Å². The molecule has 288 valence electrons. The molecule has 55 heavy (non-hydrogen) atoms. The number of aromatic nitrogens is 2. The van der Waals surface area contributed by atoms with Crippen molar-refractivity contribution in [3.63, 3.8) is 0 Å². The van der Waals surface area contributed by atoms with E-state index in [4.69, 9.17) is 11.5 Å². The highest BCUT2D eigenvalue weighted by atomic mass is 16.2. The molecular weight excluding hydrogens is 697 g/mol. The Morgan fingerprint density at radius 3 is 2.38 bits per heavy atom. The van der Waals surface area contributed by atoms with Crippen LogP contribution in [0.2, 0.25) is 0 Å². The van der Waals surface area contributed by atoms with E-state index < -0.39 is 35.7 Å². The van der Waals surface area contributed by atoms with Crippen molar-refractivity contribution in [3.05, 3.63) is 101 Å². The van der Waals surface area contributed by atoms with Crippen LogP contribution in [0.15, 0.2) is 67.0 Å². The molecule has 0 radical (unpaired) electrons. The van der Waals surface area contributed by atoms with E-state index in [-0.39, 0.29) is 38.3 Å². The molecule has 0 fully saturated rings. The van der Waals surface area contributed by atoms with E-state index in [1.165, 1.54) is 12.8 Å². The van der Waals surface area contributed by atoms with Gasteiger partial charge in [-0.2, -0.15) is 0 Å². The van der Waals surface area contributed by atoms with Gasteiger partial charge in [-0.05, 0) is 78.7 Å². The molecule has 1 aliphatic heterocycles. The van der Waals surface area contributed by atoms with Gasteiger partial charge in [0.1, 0.15) is 17.9 Å². The first kappa shape index (κ1) is 40.2. The van der Waals surface area contributed by atoms with Crippen LogP contribution in [0.5, 0.6) is 0 Å². The van der Waals surface area contributed by atoms with Crippen LogP contribution in [0.4, 0.5) is 5.69 Å². The lowest BCUT2D eigenvalue weighted by atomic mass is 9.93. The molecule has 5 rings (SSSR count). The topological polar surface area (TPSA) is 211 Å². The van der Waals surface area contributed by atoms with Crippen molar-refractivity contribution in [2.45, 2.75) is 84.2 Å². The first-order valence-corrected chi connectivity index (χ1v) is 18.8. The first-order valence-electron chi connectivity index (χ1n) is 18.8. The van der Waals surface area contributed by atoms with Crippen molar-refractivity contribution < 1.29 is 24.0 Å². The van der Waals surface area contributed by atoms with Crippen LogP contribution in [0.25, 0.3) is 22.3 Å². The third-order valence-electron chi connectivity index (χ3n) is 9.65. The Balaban J connectivity index is 1.38. The number of unbranched alkanes of at least 4 members (excludes halogenated alkanes) is 3. The summed E-state index contributed by atoms with van der Waals surface area (Å²) in [4.78, 5) is 74.3. The maximum Gasteiger partial charge on any atom is 0.252 e. The second kappa shape index (κ2) is 18.9. The summed E-state index contributed by atoms with van der Waals surface area (Å²) in [6.07, 6.45) is 9.30. The summed E-state index contributed by atoms with van der Waals surface area (Å²) < 4.78 is 0. The summed E-state index contributed by atoms with van der Waals surface area (Å²) in [5.41, 5.74) is 18.3. The molecule has 3 aromatic carbocycles. The quantitative estimate of drug-likeness (QED) is 0.111. The Kier molecular flexibility index (Phi) is 13.8.